The van der Waals surface area contributed by atoms with Crippen molar-refractivity contribution in [3.8, 4) is 0 Å². The molecule has 16 heavy (non-hydrogen) atoms. The van der Waals surface area contributed by atoms with Crippen LogP contribution in [-0.4, -0.2) is 28.5 Å². The zero-order valence-corrected chi connectivity index (χ0v) is 9.04. The second-order valence-corrected chi connectivity index (χ2v) is 4.32. The van der Waals surface area contributed by atoms with E-state index in [9.17, 15) is 9.59 Å². The highest BCUT2D eigenvalue weighted by atomic mass is 16.4. The molecule has 1 amide bonds. The first-order valence-corrected chi connectivity index (χ1v) is 5.20. The lowest BCUT2D eigenvalue weighted by Crippen LogP contribution is -2.34. The Hall–Kier alpha value is -1.78. The summed E-state index contributed by atoms with van der Waals surface area (Å²) in [5, 5.41) is 11.6. The normalized spacial score (nSPS) is 16.8. The van der Waals surface area contributed by atoms with Gasteiger partial charge in [0.15, 0.2) is 0 Å². The maximum atomic E-state index is 11.7. The van der Waals surface area contributed by atoms with Crippen molar-refractivity contribution in [2.45, 2.75) is 19.8 Å². The fourth-order valence-electron chi connectivity index (χ4n) is 1.65. The zero-order chi connectivity index (χ0) is 11.8. The van der Waals surface area contributed by atoms with Crippen LogP contribution < -0.4 is 5.32 Å². The highest BCUT2D eigenvalue weighted by molar-refractivity contribution is 5.95. The maximum absolute atomic E-state index is 11.7. The Labute approximate surface area is 92.9 Å². The third kappa shape index (κ3) is 1.80. The van der Waals surface area contributed by atoms with Crippen LogP contribution in [0.1, 0.15) is 28.8 Å². The number of aryl methyl sites for hydroxylation is 1. The smallest absolute Gasteiger partial charge is 0.311 e. The Morgan fingerprint density at radius 2 is 2.19 bits per heavy atom. The lowest BCUT2D eigenvalue weighted by atomic mass is 10.1. The molecule has 5 heteroatoms. The predicted molar refractivity (Wildman–Crippen MR) is 57.2 cm³/mol. The number of H-pyrrole nitrogens is 1. The van der Waals surface area contributed by atoms with E-state index < -0.39 is 11.4 Å². The average molecular weight is 222 g/mol. The summed E-state index contributed by atoms with van der Waals surface area (Å²) in [5.41, 5.74) is 0.721. The number of hydrogen-bond acceptors (Lipinski definition) is 2. The zero-order valence-electron chi connectivity index (χ0n) is 9.04. The Morgan fingerprint density at radius 1 is 1.50 bits per heavy atom. The van der Waals surface area contributed by atoms with E-state index in [0.29, 0.717) is 18.4 Å². The number of aliphatic carboxylic acids is 1. The summed E-state index contributed by atoms with van der Waals surface area (Å²) in [4.78, 5) is 25.4. The number of carboxylic acid groups (broad SMARTS) is 1. The molecule has 0 atom stereocenters. The van der Waals surface area contributed by atoms with E-state index in [4.69, 9.17) is 5.11 Å². The molecule has 1 heterocycles. The Bertz CT molecular complexity index is 432. The molecule has 0 aliphatic heterocycles. The lowest BCUT2D eigenvalue weighted by Gasteiger charge is -2.10. The van der Waals surface area contributed by atoms with Crippen LogP contribution in [0.25, 0.3) is 0 Å². The molecule has 1 aromatic rings. The van der Waals surface area contributed by atoms with Crippen molar-refractivity contribution >= 4 is 11.9 Å². The van der Waals surface area contributed by atoms with E-state index >= 15 is 0 Å². The monoisotopic (exact) mass is 222 g/mol. The van der Waals surface area contributed by atoms with Gasteiger partial charge in [0, 0.05) is 18.9 Å². The standard InChI is InChI=1S/C11H14N2O3/c1-7-4-12-5-8(7)9(14)13-6-11(2-3-11)10(15)16/h4-5,12H,2-3,6H2,1H3,(H,13,14)(H,15,16). The van der Waals surface area contributed by atoms with Gasteiger partial charge in [-0.1, -0.05) is 0 Å². The first-order chi connectivity index (χ1) is 7.55. The summed E-state index contributed by atoms with van der Waals surface area (Å²) >= 11 is 0. The van der Waals surface area contributed by atoms with Crippen molar-refractivity contribution in [3.63, 3.8) is 0 Å². The number of hydrogen-bond donors (Lipinski definition) is 3. The van der Waals surface area contributed by atoms with Crippen LogP contribution in [0.15, 0.2) is 12.4 Å². The number of amides is 1. The summed E-state index contributed by atoms with van der Waals surface area (Å²) in [7, 11) is 0. The molecular formula is C11H14N2O3. The van der Waals surface area contributed by atoms with Crippen LogP contribution >= 0.6 is 0 Å². The third-order valence-electron chi connectivity index (χ3n) is 3.09. The van der Waals surface area contributed by atoms with Crippen LogP contribution in [0.3, 0.4) is 0 Å². The number of rotatable bonds is 4. The number of carboxylic acids is 1. The molecule has 0 bridgehead atoms. The van der Waals surface area contributed by atoms with E-state index in [1.165, 1.54) is 0 Å². The highest BCUT2D eigenvalue weighted by Gasteiger charge is 2.50. The van der Waals surface area contributed by atoms with Crippen molar-refractivity contribution < 1.29 is 14.7 Å². The minimum absolute atomic E-state index is 0.214. The minimum Gasteiger partial charge on any atom is -0.481 e. The maximum Gasteiger partial charge on any atom is 0.311 e. The molecule has 1 fully saturated rings. The summed E-state index contributed by atoms with van der Waals surface area (Å²) in [6.07, 6.45) is 4.65. The third-order valence-corrected chi connectivity index (χ3v) is 3.09. The Balaban J connectivity index is 1.95. The fourth-order valence-corrected chi connectivity index (χ4v) is 1.65. The second kappa shape index (κ2) is 3.66. The van der Waals surface area contributed by atoms with Crippen LogP contribution in [-0.2, 0) is 4.79 Å². The molecule has 86 valence electrons. The summed E-state index contributed by atoms with van der Waals surface area (Å²) in [6.45, 7) is 2.04. The van der Waals surface area contributed by atoms with Gasteiger partial charge in [0.05, 0.1) is 11.0 Å². The molecule has 2 rings (SSSR count). The molecule has 1 aliphatic rings. The summed E-state index contributed by atoms with van der Waals surface area (Å²) in [5.74, 6) is -1.04. The van der Waals surface area contributed by atoms with Gasteiger partial charge in [-0.2, -0.15) is 0 Å². The number of aromatic nitrogens is 1. The number of nitrogens with one attached hydrogen (secondary N) is 2. The lowest BCUT2D eigenvalue weighted by molar-refractivity contribution is -0.143. The van der Waals surface area contributed by atoms with Gasteiger partial charge in [0.25, 0.3) is 5.91 Å². The van der Waals surface area contributed by atoms with Crippen LogP contribution in [0, 0.1) is 12.3 Å². The molecule has 0 spiro atoms. The molecule has 0 radical (unpaired) electrons. The van der Waals surface area contributed by atoms with E-state index in [1.54, 1.807) is 12.4 Å². The molecule has 0 saturated heterocycles. The largest absolute Gasteiger partial charge is 0.481 e. The van der Waals surface area contributed by atoms with Gasteiger partial charge in [-0.25, -0.2) is 0 Å². The van der Waals surface area contributed by atoms with Gasteiger partial charge in [-0.05, 0) is 25.3 Å². The van der Waals surface area contributed by atoms with Crippen molar-refractivity contribution in [1.29, 1.82) is 0 Å². The summed E-state index contributed by atoms with van der Waals surface area (Å²) < 4.78 is 0. The quantitative estimate of drug-likeness (QED) is 0.708. The molecule has 3 N–H and O–H groups in total. The second-order valence-electron chi connectivity index (χ2n) is 4.32. The molecular weight excluding hydrogens is 208 g/mol. The molecule has 1 saturated carbocycles. The molecule has 1 aliphatic carbocycles. The minimum atomic E-state index is -0.821. The Morgan fingerprint density at radius 3 is 2.62 bits per heavy atom. The fraction of sp³-hybridized carbons (Fsp3) is 0.455. The van der Waals surface area contributed by atoms with Gasteiger partial charge < -0.3 is 15.4 Å². The van der Waals surface area contributed by atoms with Crippen molar-refractivity contribution in [2.75, 3.05) is 6.54 Å². The van der Waals surface area contributed by atoms with E-state index in [0.717, 1.165) is 5.56 Å². The van der Waals surface area contributed by atoms with Gasteiger partial charge in [0.2, 0.25) is 0 Å². The highest BCUT2D eigenvalue weighted by Crippen LogP contribution is 2.45. The predicted octanol–water partition coefficient (Wildman–Crippen LogP) is 0.918. The van der Waals surface area contributed by atoms with E-state index in [2.05, 4.69) is 10.3 Å². The van der Waals surface area contributed by atoms with E-state index in [1.807, 2.05) is 6.92 Å². The first-order valence-electron chi connectivity index (χ1n) is 5.20. The molecule has 0 unspecified atom stereocenters. The van der Waals surface area contributed by atoms with Crippen LogP contribution in [0.2, 0.25) is 0 Å². The number of aromatic amines is 1. The van der Waals surface area contributed by atoms with Crippen LogP contribution in [0.4, 0.5) is 0 Å². The first kappa shape index (κ1) is 10.7. The molecule has 5 nitrogen and oxygen atoms in total. The SMILES string of the molecule is Cc1c[nH]cc1C(=O)NCC1(C(=O)O)CC1. The van der Waals surface area contributed by atoms with Crippen LogP contribution in [0.5, 0.6) is 0 Å². The molecule has 0 aromatic carbocycles. The van der Waals surface area contributed by atoms with Gasteiger partial charge in [-0.3, -0.25) is 9.59 Å². The van der Waals surface area contributed by atoms with Gasteiger partial charge >= 0.3 is 5.97 Å². The van der Waals surface area contributed by atoms with Crippen molar-refractivity contribution in [1.82, 2.24) is 10.3 Å². The van der Waals surface area contributed by atoms with Gasteiger partial charge in [-0.15, -0.1) is 0 Å². The summed E-state index contributed by atoms with van der Waals surface area (Å²) in [6, 6.07) is 0. The topological polar surface area (TPSA) is 82.2 Å². The Kier molecular flexibility index (Phi) is 2.46. The number of carbonyl (C=O) groups is 2. The van der Waals surface area contributed by atoms with Crippen molar-refractivity contribution in [2.24, 2.45) is 5.41 Å². The van der Waals surface area contributed by atoms with Gasteiger partial charge in [0.1, 0.15) is 0 Å². The van der Waals surface area contributed by atoms with Crippen molar-refractivity contribution in [3.05, 3.63) is 23.5 Å². The number of carbonyl (C=O) groups excluding carboxylic acids is 1. The molecule has 1 aromatic heterocycles. The average Bonchev–Trinajstić information content (AvgIpc) is 2.92. The van der Waals surface area contributed by atoms with E-state index in [-0.39, 0.29) is 12.5 Å².